The lowest BCUT2D eigenvalue weighted by atomic mass is 10.1. The molecule has 2 fully saturated rings. The molecule has 4 rings (SSSR count). The van der Waals surface area contributed by atoms with E-state index in [0.717, 1.165) is 24.0 Å². The summed E-state index contributed by atoms with van der Waals surface area (Å²) in [6.45, 7) is 5.49. The largest absolute Gasteiger partial charge is 0.415 e. The minimum absolute atomic E-state index is 0.0384. The van der Waals surface area contributed by atoms with Crippen LogP contribution < -0.4 is 10.0 Å². The first kappa shape index (κ1) is 19.8. The third-order valence-electron chi connectivity index (χ3n) is 5.70. The molecular weight excluding hydrogens is 394 g/mol. The van der Waals surface area contributed by atoms with Crippen molar-refractivity contribution in [2.75, 3.05) is 24.4 Å². The van der Waals surface area contributed by atoms with Crippen molar-refractivity contribution >= 4 is 21.6 Å². The van der Waals surface area contributed by atoms with Gasteiger partial charge in [0.25, 0.3) is 0 Å². The Morgan fingerprint density at radius 2 is 2.00 bits per heavy atom. The van der Waals surface area contributed by atoms with Crippen LogP contribution in [-0.2, 0) is 10.0 Å². The van der Waals surface area contributed by atoms with Crippen LogP contribution in [0.5, 0.6) is 0 Å². The maximum absolute atomic E-state index is 12.9. The van der Waals surface area contributed by atoms with E-state index in [-0.39, 0.29) is 24.2 Å². The van der Waals surface area contributed by atoms with Gasteiger partial charge in [0.2, 0.25) is 15.9 Å². The topological polar surface area (TPSA) is 117 Å². The van der Waals surface area contributed by atoms with E-state index < -0.39 is 21.3 Å². The molecule has 0 radical (unpaired) electrons. The van der Waals surface area contributed by atoms with E-state index in [1.54, 1.807) is 11.0 Å². The van der Waals surface area contributed by atoms with E-state index in [2.05, 4.69) is 20.2 Å². The monoisotopic (exact) mass is 419 g/mol. The Labute approximate surface area is 169 Å². The molecule has 2 aromatic rings. The molecule has 1 aromatic heterocycles. The number of carbonyl (C=O) groups is 1. The average Bonchev–Trinajstić information content (AvgIpc) is 3.45. The number of nitrogens with zero attached hydrogens (tertiary/aromatic N) is 3. The molecule has 0 saturated carbocycles. The van der Waals surface area contributed by atoms with Crippen molar-refractivity contribution in [1.29, 1.82) is 0 Å². The van der Waals surface area contributed by atoms with Gasteiger partial charge in [-0.3, -0.25) is 9.52 Å². The first-order chi connectivity index (χ1) is 13.8. The zero-order valence-corrected chi connectivity index (χ0v) is 17.3. The van der Waals surface area contributed by atoms with Gasteiger partial charge in [-0.2, -0.15) is 0 Å². The number of aryl methyl sites for hydroxylation is 1. The van der Waals surface area contributed by atoms with Crippen LogP contribution in [0.25, 0.3) is 0 Å². The number of nitrogens with one attached hydrogen (secondary N) is 2. The summed E-state index contributed by atoms with van der Waals surface area (Å²) in [6, 6.07) is 5.13. The van der Waals surface area contributed by atoms with Crippen LogP contribution in [0.2, 0.25) is 0 Å². The zero-order chi connectivity index (χ0) is 20.6. The number of carbonyl (C=O) groups excluding carboxylic acids is 1. The Bertz CT molecular complexity index is 1010. The van der Waals surface area contributed by atoms with Gasteiger partial charge in [-0.05, 0) is 50.3 Å². The predicted octanol–water partition coefficient (Wildman–Crippen LogP) is 1.77. The first-order valence-corrected chi connectivity index (χ1v) is 11.3. The lowest BCUT2D eigenvalue weighted by Crippen LogP contribution is -2.29. The van der Waals surface area contributed by atoms with E-state index in [0.29, 0.717) is 25.2 Å². The summed E-state index contributed by atoms with van der Waals surface area (Å²) in [5, 5.41) is 10.3. The highest BCUT2D eigenvalue weighted by atomic mass is 32.2. The van der Waals surface area contributed by atoms with Gasteiger partial charge < -0.3 is 14.6 Å². The Hall–Kier alpha value is -2.46. The highest BCUT2D eigenvalue weighted by molar-refractivity contribution is 7.93. The Morgan fingerprint density at radius 1 is 1.24 bits per heavy atom. The summed E-state index contributed by atoms with van der Waals surface area (Å²) in [4.78, 5) is 14.1. The summed E-state index contributed by atoms with van der Waals surface area (Å²) in [5.41, 5.74) is 2.51. The van der Waals surface area contributed by atoms with E-state index in [4.69, 9.17) is 4.42 Å². The number of hydrogen-bond donors (Lipinski definition) is 2. The summed E-state index contributed by atoms with van der Waals surface area (Å²) in [7, 11) is -3.59. The SMILES string of the molecule is Cc1cccc(NS(=O)(=O)C2CNC(c3nnc(C(=O)N4CCCC4)o3)C2)c1C. The van der Waals surface area contributed by atoms with E-state index in [1.807, 2.05) is 26.0 Å². The standard InChI is InChI=1S/C19H25N5O4S/c1-12-6-5-7-15(13(12)2)23-29(26,27)14-10-16(20-11-14)17-21-22-18(28-17)19(25)24-8-3-4-9-24/h5-7,14,16,20,23H,3-4,8-11H2,1-2H3. The summed E-state index contributed by atoms with van der Waals surface area (Å²) >= 11 is 0. The molecule has 1 aromatic carbocycles. The molecule has 2 aliphatic rings. The van der Waals surface area contributed by atoms with Gasteiger partial charge >= 0.3 is 11.8 Å². The van der Waals surface area contributed by atoms with Crippen LogP contribution in [0.1, 0.15) is 53.0 Å². The summed E-state index contributed by atoms with van der Waals surface area (Å²) in [5.74, 6) is -0.0551. The van der Waals surface area contributed by atoms with Crippen molar-refractivity contribution in [3.8, 4) is 0 Å². The van der Waals surface area contributed by atoms with Crippen LogP contribution in [0.15, 0.2) is 22.6 Å². The van der Waals surface area contributed by atoms with Crippen molar-refractivity contribution in [1.82, 2.24) is 20.4 Å². The van der Waals surface area contributed by atoms with Gasteiger partial charge in [0, 0.05) is 19.6 Å². The molecule has 0 aliphatic carbocycles. The van der Waals surface area contributed by atoms with Crippen molar-refractivity contribution in [3.63, 3.8) is 0 Å². The normalized spacial score (nSPS) is 22.2. The molecule has 3 heterocycles. The lowest BCUT2D eigenvalue weighted by molar-refractivity contribution is 0.0750. The molecule has 2 unspecified atom stereocenters. The number of amides is 1. The molecule has 2 N–H and O–H groups in total. The molecule has 2 saturated heterocycles. The highest BCUT2D eigenvalue weighted by Crippen LogP contribution is 2.29. The highest BCUT2D eigenvalue weighted by Gasteiger charge is 2.38. The molecule has 10 heteroatoms. The fourth-order valence-corrected chi connectivity index (χ4v) is 5.20. The third kappa shape index (κ3) is 3.99. The molecule has 9 nitrogen and oxygen atoms in total. The molecule has 0 bridgehead atoms. The second-order valence-electron chi connectivity index (χ2n) is 7.66. The van der Waals surface area contributed by atoms with Gasteiger partial charge in [0.15, 0.2) is 0 Å². The van der Waals surface area contributed by atoms with Crippen LogP contribution in [0.4, 0.5) is 5.69 Å². The number of hydrogen-bond acceptors (Lipinski definition) is 7. The predicted molar refractivity (Wildman–Crippen MR) is 107 cm³/mol. The molecule has 2 aliphatic heterocycles. The fraction of sp³-hybridized carbons (Fsp3) is 0.526. The Morgan fingerprint density at radius 3 is 2.76 bits per heavy atom. The van der Waals surface area contributed by atoms with Crippen LogP contribution in [0.3, 0.4) is 0 Å². The van der Waals surface area contributed by atoms with Crippen molar-refractivity contribution in [2.24, 2.45) is 0 Å². The average molecular weight is 420 g/mol. The molecule has 156 valence electrons. The van der Waals surface area contributed by atoms with Gasteiger partial charge in [0.1, 0.15) is 0 Å². The maximum atomic E-state index is 12.9. The smallest absolute Gasteiger partial charge is 0.311 e. The van der Waals surface area contributed by atoms with E-state index in [9.17, 15) is 13.2 Å². The summed E-state index contributed by atoms with van der Waals surface area (Å²) < 4.78 is 34.0. The first-order valence-electron chi connectivity index (χ1n) is 9.79. The third-order valence-corrected chi connectivity index (χ3v) is 7.44. The fourth-order valence-electron chi connectivity index (χ4n) is 3.74. The van der Waals surface area contributed by atoms with Gasteiger partial charge in [0.05, 0.1) is 17.0 Å². The second-order valence-corrected chi connectivity index (χ2v) is 9.62. The number of rotatable bonds is 5. The number of likely N-dealkylation sites (tertiary alicyclic amines) is 1. The zero-order valence-electron chi connectivity index (χ0n) is 16.5. The Balaban J connectivity index is 1.43. The maximum Gasteiger partial charge on any atom is 0.311 e. The molecule has 0 spiro atoms. The van der Waals surface area contributed by atoms with Gasteiger partial charge in [-0.15, -0.1) is 10.2 Å². The summed E-state index contributed by atoms with van der Waals surface area (Å²) in [6.07, 6.45) is 2.24. The van der Waals surface area contributed by atoms with Crippen molar-refractivity contribution in [3.05, 3.63) is 41.1 Å². The lowest BCUT2D eigenvalue weighted by Gasteiger charge is -2.15. The quantitative estimate of drug-likeness (QED) is 0.758. The number of aromatic nitrogens is 2. The molecular formula is C19H25N5O4S. The van der Waals surface area contributed by atoms with Gasteiger partial charge in [-0.25, -0.2) is 8.42 Å². The molecule has 29 heavy (non-hydrogen) atoms. The van der Waals surface area contributed by atoms with Crippen LogP contribution in [-0.4, -0.2) is 54.3 Å². The number of anilines is 1. The molecule has 2 atom stereocenters. The Kier molecular flexibility index (Phi) is 5.30. The van der Waals surface area contributed by atoms with Gasteiger partial charge in [-0.1, -0.05) is 12.1 Å². The van der Waals surface area contributed by atoms with E-state index in [1.165, 1.54) is 0 Å². The minimum atomic E-state index is -3.59. The number of sulfonamides is 1. The van der Waals surface area contributed by atoms with Crippen molar-refractivity contribution < 1.29 is 17.6 Å². The van der Waals surface area contributed by atoms with Crippen molar-refractivity contribution in [2.45, 2.75) is 44.4 Å². The number of benzene rings is 1. The van der Waals surface area contributed by atoms with Crippen LogP contribution >= 0.6 is 0 Å². The molecule has 1 amide bonds. The second kappa shape index (κ2) is 7.75. The van der Waals surface area contributed by atoms with Crippen LogP contribution in [0, 0.1) is 13.8 Å². The van der Waals surface area contributed by atoms with E-state index >= 15 is 0 Å². The minimum Gasteiger partial charge on any atom is -0.415 e.